The van der Waals surface area contributed by atoms with Crippen LogP contribution in [0.3, 0.4) is 0 Å². The van der Waals surface area contributed by atoms with E-state index in [0.29, 0.717) is 6.04 Å². The lowest BCUT2D eigenvalue weighted by Gasteiger charge is -2.27. The topological polar surface area (TPSA) is 23.6 Å². The van der Waals surface area contributed by atoms with Gasteiger partial charge in [0, 0.05) is 27.2 Å². The number of carbonyl (C=O) groups is 1. The van der Waals surface area contributed by atoms with Gasteiger partial charge in [0.05, 0.1) is 0 Å². The van der Waals surface area contributed by atoms with Crippen LogP contribution in [0.25, 0.3) is 0 Å². The van der Waals surface area contributed by atoms with E-state index in [-0.39, 0.29) is 6.03 Å². The number of rotatable bonds is 4. The van der Waals surface area contributed by atoms with Gasteiger partial charge in [-0.15, -0.1) is 0 Å². The van der Waals surface area contributed by atoms with Crippen molar-refractivity contribution in [3.8, 4) is 0 Å². The minimum absolute atomic E-state index is 0.0774. The van der Waals surface area contributed by atoms with Crippen molar-refractivity contribution in [1.29, 1.82) is 0 Å². The number of amides is 2. The first-order chi connectivity index (χ1) is 6.00. The van der Waals surface area contributed by atoms with Crippen LogP contribution in [0.4, 0.5) is 4.79 Å². The fourth-order valence-electron chi connectivity index (χ4n) is 0.986. The van der Waals surface area contributed by atoms with E-state index >= 15 is 0 Å². The zero-order valence-corrected chi connectivity index (χ0v) is 10.0. The van der Waals surface area contributed by atoms with E-state index in [2.05, 4.69) is 13.2 Å². The summed E-state index contributed by atoms with van der Waals surface area (Å²) in [5.74, 6) is 1.10. The highest BCUT2D eigenvalue weighted by Gasteiger charge is 2.16. The lowest BCUT2D eigenvalue weighted by molar-refractivity contribution is 0.166. The Kier molecular flexibility index (Phi) is 5.95. The van der Waals surface area contributed by atoms with Gasteiger partial charge in [-0.3, -0.25) is 0 Å². The molecule has 0 fully saturated rings. The summed E-state index contributed by atoms with van der Waals surface area (Å²) in [4.78, 5) is 14.9. The van der Waals surface area contributed by atoms with Gasteiger partial charge in [-0.2, -0.15) is 11.8 Å². The highest BCUT2D eigenvalue weighted by atomic mass is 32.2. The van der Waals surface area contributed by atoms with Gasteiger partial charge in [-0.25, -0.2) is 4.79 Å². The second kappa shape index (κ2) is 6.13. The molecule has 0 aliphatic heterocycles. The summed E-state index contributed by atoms with van der Waals surface area (Å²) in [7, 11) is 5.41. The molecule has 3 nitrogen and oxygen atoms in total. The number of urea groups is 1. The van der Waals surface area contributed by atoms with Gasteiger partial charge in [-0.05, 0) is 25.4 Å². The maximum absolute atomic E-state index is 11.5. The third-order valence-corrected chi connectivity index (χ3v) is 2.73. The monoisotopic (exact) mass is 204 g/mol. The SMILES string of the molecule is CSCCC(C)N(C)C(=O)N(C)C. The summed E-state index contributed by atoms with van der Waals surface area (Å²) in [6, 6.07) is 0.399. The number of hydrogen-bond acceptors (Lipinski definition) is 2. The Morgan fingerprint density at radius 1 is 1.38 bits per heavy atom. The van der Waals surface area contributed by atoms with Crippen LogP contribution in [0.1, 0.15) is 13.3 Å². The quantitative estimate of drug-likeness (QED) is 0.696. The van der Waals surface area contributed by atoms with Crippen LogP contribution in [0, 0.1) is 0 Å². The molecule has 0 spiro atoms. The molecule has 13 heavy (non-hydrogen) atoms. The number of nitrogens with zero attached hydrogens (tertiary/aromatic N) is 2. The lowest BCUT2D eigenvalue weighted by Crippen LogP contribution is -2.41. The van der Waals surface area contributed by atoms with Gasteiger partial charge in [0.15, 0.2) is 0 Å². The van der Waals surface area contributed by atoms with Crippen molar-refractivity contribution in [2.75, 3.05) is 33.2 Å². The molecular weight excluding hydrogens is 184 g/mol. The molecule has 78 valence electrons. The van der Waals surface area contributed by atoms with Gasteiger partial charge in [0.1, 0.15) is 0 Å². The van der Waals surface area contributed by atoms with Gasteiger partial charge in [-0.1, -0.05) is 0 Å². The highest BCUT2D eigenvalue weighted by molar-refractivity contribution is 7.98. The summed E-state index contributed by atoms with van der Waals surface area (Å²) in [5, 5.41) is 0. The minimum Gasteiger partial charge on any atom is -0.331 e. The van der Waals surface area contributed by atoms with E-state index in [1.165, 1.54) is 0 Å². The van der Waals surface area contributed by atoms with Crippen LogP contribution in [0.15, 0.2) is 0 Å². The maximum atomic E-state index is 11.5. The normalized spacial score (nSPS) is 12.4. The second-order valence-corrected chi connectivity index (χ2v) is 4.40. The van der Waals surface area contributed by atoms with Gasteiger partial charge in [0.25, 0.3) is 0 Å². The molecule has 0 saturated heterocycles. The second-order valence-electron chi connectivity index (χ2n) is 3.42. The maximum Gasteiger partial charge on any atom is 0.319 e. The molecule has 0 saturated carbocycles. The Bertz CT molecular complexity index is 162. The van der Waals surface area contributed by atoms with Crippen LogP contribution in [-0.4, -0.2) is 55.0 Å². The number of thioether (sulfide) groups is 1. The van der Waals surface area contributed by atoms with E-state index in [9.17, 15) is 4.79 Å². The Morgan fingerprint density at radius 3 is 2.31 bits per heavy atom. The van der Waals surface area contributed by atoms with E-state index in [1.54, 1.807) is 23.9 Å². The Morgan fingerprint density at radius 2 is 1.92 bits per heavy atom. The zero-order valence-electron chi connectivity index (χ0n) is 9.20. The first-order valence-electron chi connectivity index (χ1n) is 4.43. The predicted molar refractivity (Wildman–Crippen MR) is 59.3 cm³/mol. The molecule has 0 aliphatic rings. The summed E-state index contributed by atoms with van der Waals surface area (Å²) in [5.41, 5.74) is 0. The standard InChI is InChI=1S/C9H20N2OS/c1-8(6-7-13-5)11(4)9(12)10(2)3/h8H,6-7H2,1-5H3. The van der Waals surface area contributed by atoms with Gasteiger partial charge in [0.2, 0.25) is 0 Å². The number of carbonyl (C=O) groups excluding carboxylic acids is 1. The van der Waals surface area contributed by atoms with Crippen molar-refractivity contribution >= 4 is 17.8 Å². The molecule has 0 aromatic rings. The predicted octanol–water partition coefficient (Wildman–Crippen LogP) is 1.74. The molecule has 2 amide bonds. The Balaban J connectivity index is 3.94. The Hall–Kier alpha value is -0.380. The first-order valence-corrected chi connectivity index (χ1v) is 5.83. The minimum atomic E-state index is 0.0774. The van der Waals surface area contributed by atoms with Crippen LogP contribution < -0.4 is 0 Å². The third-order valence-electron chi connectivity index (χ3n) is 2.09. The van der Waals surface area contributed by atoms with E-state index in [4.69, 9.17) is 0 Å². The molecule has 0 N–H and O–H groups in total. The molecule has 0 heterocycles. The van der Waals surface area contributed by atoms with E-state index < -0.39 is 0 Å². The molecule has 0 rings (SSSR count). The summed E-state index contributed by atoms with van der Waals surface area (Å²) in [6.45, 7) is 2.08. The molecule has 0 aromatic carbocycles. The molecule has 1 atom stereocenters. The van der Waals surface area contributed by atoms with Crippen LogP contribution in [0.5, 0.6) is 0 Å². The molecule has 0 radical (unpaired) electrons. The van der Waals surface area contributed by atoms with Crippen LogP contribution in [-0.2, 0) is 0 Å². The Labute approximate surface area is 85.5 Å². The van der Waals surface area contributed by atoms with Crippen LogP contribution in [0.2, 0.25) is 0 Å². The zero-order chi connectivity index (χ0) is 10.4. The summed E-state index contributed by atoms with van der Waals surface area (Å²) < 4.78 is 0. The van der Waals surface area contributed by atoms with Gasteiger partial charge < -0.3 is 9.80 Å². The fraction of sp³-hybridized carbons (Fsp3) is 0.889. The van der Waals surface area contributed by atoms with Crippen molar-refractivity contribution in [3.05, 3.63) is 0 Å². The molecule has 0 aromatic heterocycles. The van der Waals surface area contributed by atoms with Crippen molar-refractivity contribution < 1.29 is 4.79 Å². The van der Waals surface area contributed by atoms with Crippen molar-refractivity contribution in [2.45, 2.75) is 19.4 Å². The summed E-state index contributed by atoms with van der Waals surface area (Å²) >= 11 is 1.82. The van der Waals surface area contributed by atoms with E-state index in [0.717, 1.165) is 12.2 Å². The van der Waals surface area contributed by atoms with Crippen molar-refractivity contribution in [2.24, 2.45) is 0 Å². The smallest absolute Gasteiger partial charge is 0.319 e. The first kappa shape index (κ1) is 12.6. The van der Waals surface area contributed by atoms with Gasteiger partial charge >= 0.3 is 6.03 Å². The average molecular weight is 204 g/mol. The van der Waals surface area contributed by atoms with Crippen LogP contribution >= 0.6 is 11.8 Å². The lowest BCUT2D eigenvalue weighted by atomic mass is 10.2. The van der Waals surface area contributed by atoms with Crippen molar-refractivity contribution in [3.63, 3.8) is 0 Å². The third kappa shape index (κ3) is 4.41. The number of hydrogen-bond donors (Lipinski definition) is 0. The molecule has 4 heteroatoms. The van der Waals surface area contributed by atoms with E-state index in [1.807, 2.05) is 18.8 Å². The molecule has 1 unspecified atom stereocenters. The fourth-order valence-corrected chi connectivity index (χ4v) is 1.56. The average Bonchev–Trinajstić information content (AvgIpc) is 2.11. The van der Waals surface area contributed by atoms with Crippen molar-refractivity contribution in [1.82, 2.24) is 9.80 Å². The largest absolute Gasteiger partial charge is 0.331 e. The molecular formula is C9H20N2OS. The highest BCUT2D eigenvalue weighted by Crippen LogP contribution is 2.07. The summed E-state index contributed by atoms with van der Waals surface area (Å²) in [6.07, 6.45) is 3.14. The molecule has 0 bridgehead atoms. The molecule has 0 aliphatic carbocycles.